The van der Waals surface area contributed by atoms with Gasteiger partial charge in [-0.1, -0.05) is 12.1 Å². The number of nitrogens with zero attached hydrogens (tertiary/aromatic N) is 2. The van der Waals surface area contributed by atoms with Crippen molar-refractivity contribution in [2.45, 2.75) is 19.4 Å². The van der Waals surface area contributed by atoms with Crippen LogP contribution in [0.5, 0.6) is 0 Å². The Kier molecular flexibility index (Phi) is 4.78. The molecule has 1 unspecified atom stereocenters. The summed E-state index contributed by atoms with van der Waals surface area (Å²) in [5.41, 5.74) is 4.35. The highest BCUT2D eigenvalue weighted by Crippen LogP contribution is 2.30. The summed E-state index contributed by atoms with van der Waals surface area (Å²) in [5, 5.41) is 3.32. The fraction of sp³-hybridized carbons (Fsp3) is 0.647. The molecule has 1 fully saturated rings. The average molecular weight is 289 g/mol. The second kappa shape index (κ2) is 6.77. The van der Waals surface area contributed by atoms with Gasteiger partial charge >= 0.3 is 0 Å². The molecule has 0 aromatic heterocycles. The van der Waals surface area contributed by atoms with Gasteiger partial charge < -0.3 is 15.0 Å². The topological polar surface area (TPSA) is 27.7 Å². The summed E-state index contributed by atoms with van der Waals surface area (Å²) in [5.74, 6) is 0. The molecule has 1 saturated heterocycles. The molecule has 3 rings (SSSR count). The molecule has 21 heavy (non-hydrogen) atoms. The van der Waals surface area contributed by atoms with Crippen LogP contribution in [0.1, 0.15) is 24.1 Å². The summed E-state index contributed by atoms with van der Waals surface area (Å²) in [6, 6.07) is 7.39. The summed E-state index contributed by atoms with van der Waals surface area (Å²) in [6.45, 7) is 9.61. The first-order valence-corrected chi connectivity index (χ1v) is 8.13. The van der Waals surface area contributed by atoms with Crippen LogP contribution in [0, 0.1) is 0 Å². The molecule has 2 aliphatic rings. The zero-order valence-electron chi connectivity index (χ0n) is 13.3. The van der Waals surface area contributed by atoms with Crippen LogP contribution in [-0.4, -0.2) is 57.9 Å². The number of benzene rings is 1. The van der Waals surface area contributed by atoms with E-state index < -0.39 is 0 Å². The van der Waals surface area contributed by atoms with Gasteiger partial charge in [-0.2, -0.15) is 0 Å². The van der Waals surface area contributed by atoms with Crippen molar-refractivity contribution in [3.63, 3.8) is 0 Å². The first-order chi connectivity index (χ1) is 10.3. The highest BCUT2D eigenvalue weighted by Gasteiger charge is 2.21. The molecule has 0 spiro atoms. The largest absolute Gasteiger partial charge is 0.379 e. The van der Waals surface area contributed by atoms with Gasteiger partial charge in [0, 0.05) is 44.5 Å². The molecule has 0 aliphatic carbocycles. The molecule has 1 aromatic rings. The van der Waals surface area contributed by atoms with Crippen LogP contribution in [0.25, 0.3) is 0 Å². The number of morpholine rings is 1. The molecule has 0 radical (unpaired) electrons. The Balaban J connectivity index is 1.61. The molecule has 4 heteroatoms. The van der Waals surface area contributed by atoms with E-state index in [1.54, 1.807) is 0 Å². The van der Waals surface area contributed by atoms with Crippen molar-refractivity contribution in [3.8, 4) is 0 Å². The molecule has 4 nitrogen and oxygen atoms in total. The maximum absolute atomic E-state index is 5.41. The SMILES string of the molecule is CNC(C)c1ccc2c(c1)CCN2CCN1CCOCC1. The van der Waals surface area contributed by atoms with Gasteiger partial charge in [0.1, 0.15) is 0 Å². The Labute approximate surface area is 128 Å². The molecular weight excluding hydrogens is 262 g/mol. The van der Waals surface area contributed by atoms with Crippen molar-refractivity contribution in [1.82, 2.24) is 10.2 Å². The van der Waals surface area contributed by atoms with Gasteiger partial charge in [-0.25, -0.2) is 0 Å². The van der Waals surface area contributed by atoms with Crippen molar-refractivity contribution >= 4 is 5.69 Å². The van der Waals surface area contributed by atoms with E-state index in [0.717, 1.165) is 45.9 Å². The molecule has 2 aliphatic heterocycles. The summed E-state index contributed by atoms with van der Waals surface area (Å²) in [7, 11) is 2.02. The third-order valence-corrected chi connectivity index (χ3v) is 4.82. The quantitative estimate of drug-likeness (QED) is 0.892. The van der Waals surface area contributed by atoms with Crippen molar-refractivity contribution < 1.29 is 4.74 Å². The number of ether oxygens (including phenoxy) is 1. The molecule has 2 heterocycles. The molecule has 0 saturated carbocycles. The average Bonchev–Trinajstić information content (AvgIpc) is 2.95. The molecule has 1 N–H and O–H groups in total. The molecule has 1 atom stereocenters. The second-order valence-corrected chi connectivity index (χ2v) is 6.09. The third-order valence-electron chi connectivity index (χ3n) is 4.82. The van der Waals surface area contributed by atoms with Gasteiger partial charge in [-0.05, 0) is 37.6 Å². The normalized spacial score (nSPS) is 20.6. The zero-order valence-corrected chi connectivity index (χ0v) is 13.3. The van der Waals surface area contributed by atoms with Crippen molar-refractivity contribution in [1.29, 1.82) is 0 Å². The number of rotatable bonds is 5. The monoisotopic (exact) mass is 289 g/mol. The van der Waals surface area contributed by atoms with Crippen LogP contribution in [0.15, 0.2) is 18.2 Å². The maximum atomic E-state index is 5.41. The zero-order chi connectivity index (χ0) is 14.7. The number of fused-ring (bicyclic) bond motifs is 1. The van der Waals surface area contributed by atoms with Gasteiger partial charge in [0.05, 0.1) is 13.2 Å². The maximum Gasteiger partial charge on any atom is 0.0594 e. The lowest BCUT2D eigenvalue weighted by atomic mass is 10.0. The fourth-order valence-corrected chi connectivity index (χ4v) is 3.25. The van der Waals surface area contributed by atoms with Gasteiger partial charge in [-0.3, -0.25) is 4.90 Å². The van der Waals surface area contributed by atoms with Crippen LogP contribution in [0.4, 0.5) is 5.69 Å². The minimum atomic E-state index is 0.428. The number of hydrogen-bond donors (Lipinski definition) is 1. The van der Waals surface area contributed by atoms with Gasteiger partial charge in [0.2, 0.25) is 0 Å². The third kappa shape index (κ3) is 3.39. The Morgan fingerprint density at radius 1 is 1.19 bits per heavy atom. The standard InChI is InChI=1S/C17H27N3O/c1-14(18-2)15-3-4-17-16(13-15)5-6-20(17)8-7-19-9-11-21-12-10-19/h3-4,13-14,18H,5-12H2,1-2H3. The predicted molar refractivity (Wildman–Crippen MR) is 87.1 cm³/mol. The predicted octanol–water partition coefficient (Wildman–Crippen LogP) is 1.66. The van der Waals surface area contributed by atoms with E-state index in [-0.39, 0.29) is 0 Å². The van der Waals surface area contributed by atoms with E-state index in [0.29, 0.717) is 6.04 Å². The smallest absolute Gasteiger partial charge is 0.0594 e. The molecule has 0 amide bonds. The summed E-state index contributed by atoms with van der Waals surface area (Å²) < 4.78 is 5.41. The minimum absolute atomic E-state index is 0.428. The van der Waals surface area contributed by atoms with Gasteiger partial charge in [0.15, 0.2) is 0 Å². The van der Waals surface area contributed by atoms with E-state index >= 15 is 0 Å². The minimum Gasteiger partial charge on any atom is -0.379 e. The number of anilines is 1. The first kappa shape index (κ1) is 14.8. The van der Waals surface area contributed by atoms with E-state index in [1.807, 2.05) is 7.05 Å². The molecular formula is C17H27N3O. The van der Waals surface area contributed by atoms with Crippen molar-refractivity contribution in [2.75, 3.05) is 57.9 Å². The van der Waals surface area contributed by atoms with E-state index in [4.69, 9.17) is 4.74 Å². The van der Waals surface area contributed by atoms with Crippen LogP contribution in [0.3, 0.4) is 0 Å². The Hall–Kier alpha value is -1.10. The first-order valence-electron chi connectivity index (χ1n) is 8.13. The molecule has 116 valence electrons. The van der Waals surface area contributed by atoms with E-state index in [1.165, 1.54) is 23.2 Å². The van der Waals surface area contributed by atoms with Gasteiger partial charge in [-0.15, -0.1) is 0 Å². The second-order valence-electron chi connectivity index (χ2n) is 6.09. The molecule has 1 aromatic carbocycles. The van der Waals surface area contributed by atoms with E-state index in [9.17, 15) is 0 Å². The lowest BCUT2D eigenvalue weighted by molar-refractivity contribution is 0.0392. The fourth-order valence-electron chi connectivity index (χ4n) is 3.25. The number of hydrogen-bond acceptors (Lipinski definition) is 4. The lowest BCUT2D eigenvalue weighted by Gasteiger charge is -2.29. The Morgan fingerprint density at radius 3 is 2.76 bits per heavy atom. The summed E-state index contributed by atoms with van der Waals surface area (Å²) >= 11 is 0. The van der Waals surface area contributed by atoms with Crippen LogP contribution < -0.4 is 10.2 Å². The van der Waals surface area contributed by atoms with Crippen LogP contribution in [-0.2, 0) is 11.2 Å². The lowest BCUT2D eigenvalue weighted by Crippen LogP contribution is -2.41. The van der Waals surface area contributed by atoms with Gasteiger partial charge in [0.25, 0.3) is 0 Å². The Bertz CT molecular complexity index is 471. The number of nitrogens with one attached hydrogen (secondary N) is 1. The van der Waals surface area contributed by atoms with Crippen molar-refractivity contribution in [2.24, 2.45) is 0 Å². The van der Waals surface area contributed by atoms with Crippen LogP contribution in [0.2, 0.25) is 0 Å². The molecule has 0 bridgehead atoms. The van der Waals surface area contributed by atoms with Crippen LogP contribution >= 0.6 is 0 Å². The van der Waals surface area contributed by atoms with Crippen molar-refractivity contribution in [3.05, 3.63) is 29.3 Å². The van der Waals surface area contributed by atoms with E-state index in [2.05, 4.69) is 40.2 Å². The summed E-state index contributed by atoms with van der Waals surface area (Å²) in [6.07, 6.45) is 1.18. The Morgan fingerprint density at radius 2 is 2.00 bits per heavy atom. The summed E-state index contributed by atoms with van der Waals surface area (Å²) in [4.78, 5) is 5.05. The highest BCUT2D eigenvalue weighted by atomic mass is 16.5. The highest BCUT2D eigenvalue weighted by molar-refractivity contribution is 5.59.